The summed E-state index contributed by atoms with van der Waals surface area (Å²) in [5.41, 5.74) is 1.06. The summed E-state index contributed by atoms with van der Waals surface area (Å²) in [6.45, 7) is 3.21. The lowest BCUT2D eigenvalue weighted by Gasteiger charge is -2.28. The Balaban J connectivity index is 1.79. The van der Waals surface area contributed by atoms with Gasteiger partial charge in [0.15, 0.2) is 16.3 Å². The van der Waals surface area contributed by atoms with Crippen molar-refractivity contribution in [2.75, 3.05) is 38.8 Å². The van der Waals surface area contributed by atoms with E-state index < -0.39 is 16.8 Å². The normalized spacial score (nSPS) is 14.0. The molecule has 3 aromatic rings. The van der Waals surface area contributed by atoms with Crippen LogP contribution in [0, 0.1) is 10.1 Å². The number of aromatic nitrogens is 1. The minimum Gasteiger partial charge on any atom is -0.493 e. The van der Waals surface area contributed by atoms with Crippen LogP contribution in [0.5, 0.6) is 11.5 Å². The molecule has 0 radical (unpaired) electrons. The van der Waals surface area contributed by atoms with E-state index in [4.69, 9.17) is 14.2 Å². The highest BCUT2D eigenvalue weighted by Crippen LogP contribution is 2.34. The number of nitro groups is 1. The van der Waals surface area contributed by atoms with E-state index in [-0.39, 0.29) is 29.2 Å². The first kappa shape index (κ1) is 26.1. The van der Waals surface area contributed by atoms with Crippen molar-refractivity contribution in [1.82, 2.24) is 4.57 Å². The number of carbonyl (C=O) groups is 2. The summed E-state index contributed by atoms with van der Waals surface area (Å²) in [6.07, 6.45) is 3.03. The van der Waals surface area contributed by atoms with E-state index >= 15 is 0 Å². The largest absolute Gasteiger partial charge is 0.493 e. The number of hydrogen-bond acceptors (Lipinski definition) is 9. The van der Waals surface area contributed by atoms with Crippen LogP contribution in [-0.2, 0) is 16.1 Å². The molecule has 196 valence electrons. The second kappa shape index (κ2) is 11.4. The molecule has 0 N–H and O–H groups in total. The summed E-state index contributed by atoms with van der Waals surface area (Å²) in [4.78, 5) is 43.4. The standard InChI is InChI=1S/C25H28N4O7S/c1-4-36-23(30)15-28-19-13-20(34-2)21(35-3)14-22(19)37-25(28)26-24(31)16-8-9-17(18(12-16)29(32)33)27-10-6-5-7-11-27/h8-9,12-14H,4-7,10-11,15H2,1-3H3. The summed E-state index contributed by atoms with van der Waals surface area (Å²) in [5.74, 6) is -0.211. The third-order valence-corrected chi connectivity index (χ3v) is 7.13. The van der Waals surface area contributed by atoms with E-state index in [9.17, 15) is 19.7 Å². The minimum atomic E-state index is -0.656. The molecule has 1 aliphatic heterocycles. The van der Waals surface area contributed by atoms with Crippen LogP contribution < -0.4 is 19.2 Å². The first-order valence-electron chi connectivity index (χ1n) is 11.9. The number of esters is 1. The summed E-state index contributed by atoms with van der Waals surface area (Å²) in [5, 5.41) is 11.8. The number of ether oxygens (including phenoxy) is 3. The van der Waals surface area contributed by atoms with Crippen LogP contribution in [0.3, 0.4) is 0 Å². The van der Waals surface area contributed by atoms with E-state index in [1.807, 2.05) is 4.90 Å². The number of benzene rings is 2. The first-order chi connectivity index (χ1) is 17.9. The van der Waals surface area contributed by atoms with Crippen LogP contribution in [0.1, 0.15) is 36.5 Å². The van der Waals surface area contributed by atoms with Crippen LogP contribution in [0.4, 0.5) is 11.4 Å². The molecular formula is C25H28N4O7S. The summed E-state index contributed by atoms with van der Waals surface area (Å²) in [7, 11) is 3.01. The number of fused-ring (bicyclic) bond motifs is 1. The molecule has 0 saturated carbocycles. The van der Waals surface area contributed by atoms with Gasteiger partial charge in [0.2, 0.25) is 0 Å². The Morgan fingerprint density at radius 1 is 1.08 bits per heavy atom. The lowest BCUT2D eigenvalue weighted by molar-refractivity contribution is -0.384. The van der Waals surface area contributed by atoms with E-state index in [1.54, 1.807) is 35.8 Å². The molecule has 2 heterocycles. The van der Waals surface area contributed by atoms with Gasteiger partial charge in [-0.25, -0.2) is 0 Å². The minimum absolute atomic E-state index is 0.0859. The third-order valence-electron chi connectivity index (χ3n) is 6.09. The van der Waals surface area contributed by atoms with Crippen molar-refractivity contribution < 1.29 is 28.7 Å². The van der Waals surface area contributed by atoms with Gasteiger partial charge in [0.05, 0.1) is 36.0 Å². The Kier molecular flexibility index (Phi) is 8.07. The monoisotopic (exact) mass is 528 g/mol. The second-order valence-electron chi connectivity index (χ2n) is 8.38. The number of carbonyl (C=O) groups excluding carboxylic acids is 2. The average molecular weight is 529 g/mol. The third kappa shape index (κ3) is 5.58. The molecule has 2 aromatic carbocycles. The fourth-order valence-corrected chi connectivity index (χ4v) is 5.36. The Labute approximate surface area is 217 Å². The van der Waals surface area contributed by atoms with Gasteiger partial charge in [0.1, 0.15) is 12.2 Å². The highest BCUT2D eigenvalue weighted by atomic mass is 32.1. The molecule has 1 saturated heterocycles. The Hall–Kier alpha value is -3.93. The van der Waals surface area contributed by atoms with Crippen molar-refractivity contribution in [2.24, 2.45) is 4.99 Å². The van der Waals surface area contributed by atoms with Crippen molar-refractivity contribution in [3.63, 3.8) is 0 Å². The van der Waals surface area contributed by atoms with E-state index in [0.29, 0.717) is 27.4 Å². The van der Waals surface area contributed by atoms with Gasteiger partial charge < -0.3 is 23.7 Å². The molecule has 37 heavy (non-hydrogen) atoms. The number of amides is 1. The fraction of sp³-hybridized carbons (Fsp3) is 0.400. The molecule has 0 atom stereocenters. The predicted octanol–water partition coefficient (Wildman–Crippen LogP) is 3.92. The number of nitro benzene ring substituents is 1. The molecule has 11 nitrogen and oxygen atoms in total. The van der Waals surface area contributed by atoms with Gasteiger partial charge in [0, 0.05) is 36.9 Å². The zero-order chi connectivity index (χ0) is 26.5. The number of piperidine rings is 1. The SMILES string of the molecule is CCOC(=O)Cn1c(=NC(=O)c2ccc(N3CCCCC3)c([N+](=O)[O-])c2)sc2cc(OC)c(OC)cc21. The maximum Gasteiger partial charge on any atom is 0.326 e. The van der Waals surface area contributed by atoms with Crippen LogP contribution in [0.25, 0.3) is 10.2 Å². The maximum absolute atomic E-state index is 13.2. The molecule has 0 bridgehead atoms. The predicted molar refractivity (Wildman–Crippen MR) is 139 cm³/mol. The van der Waals surface area contributed by atoms with Crippen LogP contribution >= 0.6 is 11.3 Å². The highest BCUT2D eigenvalue weighted by molar-refractivity contribution is 7.16. The van der Waals surface area contributed by atoms with Gasteiger partial charge in [-0.1, -0.05) is 11.3 Å². The van der Waals surface area contributed by atoms with E-state index in [2.05, 4.69) is 4.99 Å². The van der Waals surface area contributed by atoms with Crippen LogP contribution in [0.15, 0.2) is 35.3 Å². The lowest BCUT2D eigenvalue weighted by Crippen LogP contribution is -2.30. The zero-order valence-corrected chi connectivity index (χ0v) is 21.7. The van der Waals surface area contributed by atoms with Gasteiger partial charge in [-0.05, 0) is 38.3 Å². The van der Waals surface area contributed by atoms with Crippen LogP contribution in [0.2, 0.25) is 0 Å². The molecule has 1 aromatic heterocycles. The topological polar surface area (TPSA) is 126 Å². The molecule has 1 aliphatic rings. The van der Waals surface area contributed by atoms with Crippen molar-refractivity contribution in [3.05, 3.63) is 50.8 Å². The van der Waals surface area contributed by atoms with Crippen molar-refractivity contribution in [2.45, 2.75) is 32.7 Å². The number of methoxy groups -OCH3 is 2. The Morgan fingerprint density at radius 3 is 2.43 bits per heavy atom. The van der Waals surface area contributed by atoms with Gasteiger partial charge >= 0.3 is 5.97 Å². The fourth-order valence-electron chi connectivity index (χ4n) is 4.33. The van der Waals surface area contributed by atoms with E-state index in [1.165, 1.54) is 31.6 Å². The number of thiazole rings is 1. The summed E-state index contributed by atoms with van der Waals surface area (Å²) >= 11 is 1.18. The molecule has 1 fully saturated rings. The van der Waals surface area contributed by atoms with Gasteiger partial charge in [-0.15, -0.1) is 0 Å². The number of nitrogens with zero attached hydrogens (tertiary/aromatic N) is 4. The van der Waals surface area contributed by atoms with Gasteiger partial charge in [-0.2, -0.15) is 4.99 Å². The quantitative estimate of drug-likeness (QED) is 0.245. The Bertz CT molecular complexity index is 1410. The molecule has 0 aliphatic carbocycles. The molecule has 0 spiro atoms. The van der Waals surface area contributed by atoms with Crippen LogP contribution in [-0.4, -0.2) is 55.3 Å². The molecule has 0 unspecified atom stereocenters. The Morgan fingerprint density at radius 2 is 1.78 bits per heavy atom. The molecular weight excluding hydrogens is 500 g/mol. The smallest absolute Gasteiger partial charge is 0.326 e. The maximum atomic E-state index is 13.2. The van der Waals surface area contributed by atoms with Crippen molar-refractivity contribution >= 4 is 44.8 Å². The molecule has 1 amide bonds. The summed E-state index contributed by atoms with van der Waals surface area (Å²) < 4.78 is 18.1. The summed E-state index contributed by atoms with van der Waals surface area (Å²) in [6, 6.07) is 7.87. The van der Waals surface area contributed by atoms with E-state index in [0.717, 1.165) is 32.4 Å². The number of rotatable bonds is 8. The van der Waals surface area contributed by atoms with Gasteiger partial charge in [-0.3, -0.25) is 19.7 Å². The first-order valence-corrected chi connectivity index (χ1v) is 12.7. The number of hydrogen-bond donors (Lipinski definition) is 0. The average Bonchev–Trinajstić information content (AvgIpc) is 3.23. The second-order valence-corrected chi connectivity index (χ2v) is 9.39. The molecule has 12 heteroatoms. The zero-order valence-electron chi connectivity index (χ0n) is 20.9. The number of anilines is 1. The lowest BCUT2D eigenvalue weighted by atomic mass is 10.1. The van der Waals surface area contributed by atoms with Crippen molar-refractivity contribution in [1.29, 1.82) is 0 Å². The highest BCUT2D eigenvalue weighted by Gasteiger charge is 2.23. The molecule has 4 rings (SSSR count). The van der Waals surface area contributed by atoms with Gasteiger partial charge in [0.25, 0.3) is 11.6 Å². The van der Waals surface area contributed by atoms with Crippen molar-refractivity contribution in [3.8, 4) is 11.5 Å².